The summed E-state index contributed by atoms with van der Waals surface area (Å²) in [6, 6.07) is 8.37. The van der Waals surface area contributed by atoms with Gasteiger partial charge in [-0.15, -0.1) is 0 Å². The molecule has 0 heterocycles. The molecule has 0 saturated carbocycles. The molecule has 82 valence electrons. The van der Waals surface area contributed by atoms with E-state index in [2.05, 4.69) is 59.4 Å². The minimum atomic E-state index is 0.580. The first-order chi connectivity index (χ1) is 7.13. The van der Waals surface area contributed by atoms with Gasteiger partial charge in [-0.25, -0.2) is 0 Å². The third kappa shape index (κ3) is 4.18. The highest BCUT2D eigenvalue weighted by Gasteiger charge is 2.02. The van der Waals surface area contributed by atoms with Crippen LogP contribution >= 0.6 is 15.9 Å². The molecule has 1 rings (SSSR count). The fourth-order valence-corrected chi connectivity index (χ4v) is 1.85. The maximum absolute atomic E-state index is 3.48. The largest absolute Gasteiger partial charge is 0.316 e. The standard InChI is InChI=1S/C13H18BrN/c1-10(2)12(9-15-3)7-11-5-4-6-13(14)8-11/h4-8,10,15H,9H2,1-3H3. The second-order valence-electron chi connectivity index (χ2n) is 3.96. The topological polar surface area (TPSA) is 12.0 Å². The molecule has 1 aromatic carbocycles. The van der Waals surface area contributed by atoms with E-state index in [-0.39, 0.29) is 0 Å². The van der Waals surface area contributed by atoms with E-state index < -0.39 is 0 Å². The third-order valence-electron chi connectivity index (χ3n) is 2.32. The van der Waals surface area contributed by atoms with Gasteiger partial charge in [-0.05, 0) is 30.7 Å². The highest BCUT2D eigenvalue weighted by molar-refractivity contribution is 9.10. The third-order valence-corrected chi connectivity index (χ3v) is 2.82. The quantitative estimate of drug-likeness (QED) is 0.877. The van der Waals surface area contributed by atoms with Gasteiger partial charge in [0.2, 0.25) is 0 Å². The van der Waals surface area contributed by atoms with Gasteiger partial charge in [0.05, 0.1) is 0 Å². The van der Waals surface area contributed by atoms with E-state index in [4.69, 9.17) is 0 Å². The molecule has 2 heteroatoms. The number of rotatable bonds is 4. The Morgan fingerprint density at radius 1 is 1.47 bits per heavy atom. The maximum Gasteiger partial charge on any atom is 0.0181 e. The second kappa shape index (κ2) is 6.09. The maximum atomic E-state index is 3.48. The zero-order chi connectivity index (χ0) is 11.3. The van der Waals surface area contributed by atoms with Gasteiger partial charge in [0.25, 0.3) is 0 Å². The van der Waals surface area contributed by atoms with E-state index in [0.29, 0.717) is 5.92 Å². The summed E-state index contributed by atoms with van der Waals surface area (Å²) in [5.74, 6) is 0.580. The van der Waals surface area contributed by atoms with Crippen LogP contribution in [0.2, 0.25) is 0 Å². The van der Waals surface area contributed by atoms with E-state index in [0.717, 1.165) is 11.0 Å². The summed E-state index contributed by atoms with van der Waals surface area (Å²) in [6.45, 7) is 5.40. The van der Waals surface area contributed by atoms with Crippen molar-refractivity contribution in [3.05, 3.63) is 39.9 Å². The van der Waals surface area contributed by atoms with Crippen molar-refractivity contribution < 1.29 is 0 Å². The SMILES string of the molecule is CNCC(=Cc1cccc(Br)c1)C(C)C. The summed E-state index contributed by atoms with van der Waals surface area (Å²) in [5.41, 5.74) is 2.68. The first kappa shape index (κ1) is 12.5. The van der Waals surface area contributed by atoms with Crippen molar-refractivity contribution in [2.45, 2.75) is 13.8 Å². The Bertz CT molecular complexity index is 342. The van der Waals surface area contributed by atoms with Gasteiger partial charge < -0.3 is 5.32 Å². The monoisotopic (exact) mass is 267 g/mol. The average Bonchev–Trinajstić information content (AvgIpc) is 2.17. The molecule has 0 radical (unpaired) electrons. The minimum absolute atomic E-state index is 0.580. The first-order valence-corrected chi connectivity index (χ1v) is 6.03. The van der Waals surface area contributed by atoms with Crippen LogP contribution in [0.15, 0.2) is 34.3 Å². The van der Waals surface area contributed by atoms with E-state index in [1.807, 2.05) is 13.1 Å². The minimum Gasteiger partial charge on any atom is -0.316 e. The summed E-state index contributed by atoms with van der Waals surface area (Å²) in [6.07, 6.45) is 2.26. The molecule has 0 aliphatic carbocycles. The second-order valence-corrected chi connectivity index (χ2v) is 4.87. The molecular weight excluding hydrogens is 250 g/mol. The van der Waals surface area contributed by atoms with Gasteiger partial charge in [-0.1, -0.05) is 53.6 Å². The van der Waals surface area contributed by atoms with Crippen LogP contribution in [0.25, 0.3) is 6.08 Å². The fraction of sp³-hybridized carbons (Fsp3) is 0.385. The number of hydrogen-bond donors (Lipinski definition) is 1. The summed E-state index contributed by atoms with van der Waals surface area (Å²) in [5, 5.41) is 3.20. The van der Waals surface area contributed by atoms with Crippen molar-refractivity contribution in [2.75, 3.05) is 13.6 Å². The highest BCUT2D eigenvalue weighted by atomic mass is 79.9. The molecule has 1 aromatic rings. The molecule has 0 aromatic heterocycles. The molecule has 15 heavy (non-hydrogen) atoms. The predicted molar refractivity (Wildman–Crippen MR) is 70.9 cm³/mol. The zero-order valence-corrected chi connectivity index (χ0v) is 11.1. The van der Waals surface area contributed by atoms with Gasteiger partial charge >= 0.3 is 0 Å². The summed E-state index contributed by atoms with van der Waals surface area (Å²) in [7, 11) is 1.98. The van der Waals surface area contributed by atoms with E-state index in [1.54, 1.807) is 0 Å². The van der Waals surface area contributed by atoms with Crippen LogP contribution in [0.1, 0.15) is 19.4 Å². The molecular formula is C13H18BrN. The van der Waals surface area contributed by atoms with Crippen molar-refractivity contribution >= 4 is 22.0 Å². The fourth-order valence-electron chi connectivity index (χ4n) is 1.44. The highest BCUT2D eigenvalue weighted by Crippen LogP contribution is 2.17. The first-order valence-electron chi connectivity index (χ1n) is 5.24. The Morgan fingerprint density at radius 3 is 2.73 bits per heavy atom. The Balaban J connectivity index is 2.91. The molecule has 0 atom stereocenters. The Kier molecular flexibility index (Phi) is 5.06. The number of benzene rings is 1. The lowest BCUT2D eigenvalue weighted by atomic mass is 10.0. The van der Waals surface area contributed by atoms with Crippen molar-refractivity contribution in [1.29, 1.82) is 0 Å². The van der Waals surface area contributed by atoms with Crippen LogP contribution in [-0.4, -0.2) is 13.6 Å². The number of halogens is 1. The van der Waals surface area contributed by atoms with Gasteiger partial charge in [-0.3, -0.25) is 0 Å². The molecule has 0 aliphatic heterocycles. The Labute approximate surface area is 101 Å². The number of nitrogens with one attached hydrogen (secondary N) is 1. The lowest BCUT2D eigenvalue weighted by molar-refractivity contribution is 0.713. The van der Waals surface area contributed by atoms with Crippen molar-refractivity contribution in [3.63, 3.8) is 0 Å². The molecule has 0 aliphatic rings. The van der Waals surface area contributed by atoms with Crippen LogP contribution in [0.4, 0.5) is 0 Å². The van der Waals surface area contributed by atoms with Gasteiger partial charge in [0, 0.05) is 11.0 Å². The predicted octanol–water partition coefficient (Wildman–Crippen LogP) is 3.71. The smallest absolute Gasteiger partial charge is 0.0181 e. The molecule has 0 unspecified atom stereocenters. The van der Waals surface area contributed by atoms with Crippen LogP contribution < -0.4 is 5.32 Å². The molecule has 1 N–H and O–H groups in total. The van der Waals surface area contributed by atoms with Crippen LogP contribution in [0.3, 0.4) is 0 Å². The molecule has 1 nitrogen and oxygen atoms in total. The molecule has 0 fully saturated rings. The lowest BCUT2D eigenvalue weighted by Crippen LogP contribution is -2.13. The number of likely N-dealkylation sites (N-methyl/N-ethyl adjacent to an activating group) is 1. The average molecular weight is 268 g/mol. The van der Waals surface area contributed by atoms with E-state index in [1.165, 1.54) is 11.1 Å². The van der Waals surface area contributed by atoms with E-state index in [9.17, 15) is 0 Å². The van der Waals surface area contributed by atoms with Gasteiger partial charge in [0.15, 0.2) is 0 Å². The van der Waals surface area contributed by atoms with E-state index >= 15 is 0 Å². The Hall–Kier alpha value is -0.600. The van der Waals surface area contributed by atoms with Crippen molar-refractivity contribution in [2.24, 2.45) is 5.92 Å². The van der Waals surface area contributed by atoms with Gasteiger partial charge in [-0.2, -0.15) is 0 Å². The van der Waals surface area contributed by atoms with Gasteiger partial charge in [0.1, 0.15) is 0 Å². The molecule has 0 spiro atoms. The van der Waals surface area contributed by atoms with Crippen molar-refractivity contribution in [3.8, 4) is 0 Å². The number of hydrogen-bond acceptors (Lipinski definition) is 1. The molecule has 0 saturated heterocycles. The van der Waals surface area contributed by atoms with Crippen LogP contribution in [0.5, 0.6) is 0 Å². The van der Waals surface area contributed by atoms with Crippen molar-refractivity contribution in [1.82, 2.24) is 5.32 Å². The molecule has 0 bridgehead atoms. The summed E-state index contributed by atoms with van der Waals surface area (Å²) >= 11 is 3.48. The van der Waals surface area contributed by atoms with Crippen LogP contribution in [-0.2, 0) is 0 Å². The summed E-state index contributed by atoms with van der Waals surface area (Å²) < 4.78 is 1.13. The van der Waals surface area contributed by atoms with Crippen LogP contribution in [0, 0.1) is 5.92 Å². The molecule has 0 amide bonds. The summed E-state index contributed by atoms with van der Waals surface area (Å²) in [4.78, 5) is 0. The normalized spacial score (nSPS) is 12.2. The lowest BCUT2D eigenvalue weighted by Gasteiger charge is -2.11. The Morgan fingerprint density at radius 2 is 2.20 bits per heavy atom. The zero-order valence-electron chi connectivity index (χ0n) is 9.55.